The van der Waals surface area contributed by atoms with Crippen LogP contribution >= 0.6 is 0 Å². The summed E-state index contributed by atoms with van der Waals surface area (Å²) >= 11 is 0. The number of aliphatic hydroxyl groups excluding tert-OH is 2. The van der Waals surface area contributed by atoms with Crippen LogP contribution in [0.15, 0.2) is 17.1 Å². The molecule has 1 aliphatic rings. The summed E-state index contributed by atoms with van der Waals surface area (Å²) in [5.74, 6) is -0.451. The zero-order valence-corrected chi connectivity index (χ0v) is 12.6. The van der Waals surface area contributed by atoms with E-state index in [0.717, 1.165) is 6.42 Å². The lowest BCUT2D eigenvalue weighted by molar-refractivity contribution is -0.114. The summed E-state index contributed by atoms with van der Waals surface area (Å²) < 4.78 is 6.89. The van der Waals surface area contributed by atoms with Crippen LogP contribution in [0.4, 0.5) is 5.82 Å². The van der Waals surface area contributed by atoms with E-state index in [1.165, 1.54) is 23.8 Å². The number of amides is 1. The summed E-state index contributed by atoms with van der Waals surface area (Å²) in [7, 11) is 0. The Morgan fingerprint density at radius 1 is 1.55 bits per heavy atom. The van der Waals surface area contributed by atoms with Crippen LogP contribution in [0.25, 0.3) is 0 Å². The van der Waals surface area contributed by atoms with Crippen molar-refractivity contribution in [2.24, 2.45) is 5.92 Å². The van der Waals surface area contributed by atoms with Crippen molar-refractivity contribution in [1.82, 2.24) is 9.55 Å². The van der Waals surface area contributed by atoms with Crippen LogP contribution in [0.2, 0.25) is 0 Å². The first kappa shape index (κ1) is 16.6. The first-order valence-electron chi connectivity index (χ1n) is 7.29. The highest BCUT2D eigenvalue weighted by molar-refractivity contribution is 5.87. The van der Waals surface area contributed by atoms with E-state index in [1.54, 1.807) is 0 Å². The molecule has 1 saturated heterocycles. The standard InChI is InChI=1S/C14H21N3O5/c1-3-4-9-12(20)10(7-18)22-13(9)17-6-5-11(15-8(2)19)16-14(17)21/h5-6,9-10,12-13,18,20H,3-4,7H2,1-2H3,(H,15,16,19,21)/t9-,10-,12+,13-/m1/s1. The molecule has 0 aromatic carbocycles. The van der Waals surface area contributed by atoms with E-state index < -0.39 is 24.1 Å². The van der Waals surface area contributed by atoms with Gasteiger partial charge >= 0.3 is 5.69 Å². The molecule has 1 aromatic heterocycles. The van der Waals surface area contributed by atoms with Crippen LogP contribution in [0.3, 0.4) is 0 Å². The lowest BCUT2D eigenvalue weighted by Crippen LogP contribution is -2.32. The number of anilines is 1. The third kappa shape index (κ3) is 3.34. The van der Waals surface area contributed by atoms with Gasteiger partial charge in [-0.15, -0.1) is 0 Å². The van der Waals surface area contributed by atoms with Gasteiger partial charge in [-0.25, -0.2) is 4.79 Å². The lowest BCUT2D eigenvalue weighted by atomic mass is 9.95. The number of nitrogens with one attached hydrogen (secondary N) is 1. The van der Waals surface area contributed by atoms with Gasteiger partial charge in [0.15, 0.2) is 0 Å². The van der Waals surface area contributed by atoms with E-state index in [4.69, 9.17) is 4.74 Å². The van der Waals surface area contributed by atoms with E-state index in [2.05, 4.69) is 10.3 Å². The summed E-state index contributed by atoms with van der Waals surface area (Å²) in [5, 5.41) is 21.9. The number of rotatable bonds is 5. The highest BCUT2D eigenvalue weighted by Crippen LogP contribution is 2.36. The smallest absolute Gasteiger partial charge is 0.351 e. The van der Waals surface area contributed by atoms with Crippen molar-refractivity contribution in [3.8, 4) is 0 Å². The predicted molar refractivity (Wildman–Crippen MR) is 78.2 cm³/mol. The Labute approximate surface area is 127 Å². The summed E-state index contributed by atoms with van der Waals surface area (Å²) in [6.45, 7) is 2.98. The van der Waals surface area contributed by atoms with Gasteiger partial charge in [-0.3, -0.25) is 9.36 Å². The molecule has 8 heteroatoms. The highest BCUT2D eigenvalue weighted by atomic mass is 16.5. The molecule has 1 aromatic rings. The van der Waals surface area contributed by atoms with Crippen LogP contribution in [0, 0.1) is 5.92 Å². The molecule has 0 saturated carbocycles. The third-order valence-electron chi connectivity index (χ3n) is 3.71. The maximum Gasteiger partial charge on any atom is 0.351 e. The quantitative estimate of drug-likeness (QED) is 0.698. The molecule has 0 unspecified atom stereocenters. The average molecular weight is 311 g/mol. The first-order chi connectivity index (χ1) is 10.5. The second-order valence-corrected chi connectivity index (χ2v) is 5.37. The van der Waals surface area contributed by atoms with E-state index >= 15 is 0 Å². The van der Waals surface area contributed by atoms with Gasteiger partial charge in [-0.2, -0.15) is 4.98 Å². The molecule has 1 amide bonds. The maximum atomic E-state index is 12.1. The molecular weight excluding hydrogens is 290 g/mol. The minimum atomic E-state index is -0.836. The van der Waals surface area contributed by atoms with Crippen molar-refractivity contribution in [2.75, 3.05) is 11.9 Å². The van der Waals surface area contributed by atoms with Crippen LogP contribution in [-0.4, -0.2) is 44.5 Å². The summed E-state index contributed by atoms with van der Waals surface area (Å²) in [4.78, 5) is 26.9. The molecule has 1 fully saturated rings. The first-order valence-corrected chi connectivity index (χ1v) is 7.29. The third-order valence-corrected chi connectivity index (χ3v) is 3.71. The van der Waals surface area contributed by atoms with Gasteiger partial charge in [-0.05, 0) is 12.5 Å². The van der Waals surface area contributed by atoms with Gasteiger partial charge in [0.2, 0.25) is 5.91 Å². The Kier molecular flexibility index (Phi) is 5.28. The molecule has 4 atom stereocenters. The molecule has 0 bridgehead atoms. The van der Waals surface area contributed by atoms with Gasteiger partial charge in [0.25, 0.3) is 0 Å². The van der Waals surface area contributed by atoms with Crippen LogP contribution in [-0.2, 0) is 9.53 Å². The number of aromatic nitrogens is 2. The fraction of sp³-hybridized carbons (Fsp3) is 0.643. The van der Waals surface area contributed by atoms with E-state index in [9.17, 15) is 19.8 Å². The van der Waals surface area contributed by atoms with Crippen molar-refractivity contribution < 1.29 is 19.7 Å². The number of hydrogen-bond donors (Lipinski definition) is 3. The van der Waals surface area contributed by atoms with Crippen LogP contribution < -0.4 is 11.0 Å². The Bertz CT molecular complexity index is 588. The number of carbonyl (C=O) groups excluding carboxylic acids is 1. The average Bonchev–Trinajstić information content (AvgIpc) is 2.76. The molecule has 2 heterocycles. The molecular formula is C14H21N3O5. The normalized spacial score (nSPS) is 27.8. The highest BCUT2D eigenvalue weighted by Gasteiger charge is 2.43. The SMILES string of the molecule is CCC[C@@H]1[C@H](O)[C@@H](CO)O[C@H]1n1ccc(NC(C)=O)nc1=O. The molecule has 122 valence electrons. The molecule has 3 N–H and O–H groups in total. The molecule has 2 rings (SSSR count). The fourth-order valence-corrected chi connectivity index (χ4v) is 2.73. The molecule has 0 radical (unpaired) electrons. The Morgan fingerprint density at radius 2 is 2.27 bits per heavy atom. The predicted octanol–water partition coefficient (Wildman–Crippen LogP) is -0.131. The number of aliphatic hydroxyl groups is 2. The summed E-state index contributed by atoms with van der Waals surface area (Å²) in [6, 6.07) is 1.49. The molecule has 22 heavy (non-hydrogen) atoms. The maximum absolute atomic E-state index is 12.1. The number of nitrogens with zero attached hydrogens (tertiary/aromatic N) is 2. The number of hydrogen-bond acceptors (Lipinski definition) is 6. The zero-order chi connectivity index (χ0) is 16.3. The minimum absolute atomic E-state index is 0.165. The second kappa shape index (κ2) is 6.99. The fourth-order valence-electron chi connectivity index (χ4n) is 2.73. The van der Waals surface area contributed by atoms with E-state index in [-0.39, 0.29) is 24.2 Å². The van der Waals surface area contributed by atoms with E-state index in [1.807, 2.05) is 6.92 Å². The largest absolute Gasteiger partial charge is 0.394 e. The van der Waals surface area contributed by atoms with Gasteiger partial charge in [0, 0.05) is 19.0 Å². The van der Waals surface area contributed by atoms with Gasteiger partial charge in [0.1, 0.15) is 18.1 Å². The van der Waals surface area contributed by atoms with Crippen LogP contribution in [0.1, 0.15) is 32.9 Å². The monoisotopic (exact) mass is 311 g/mol. The molecule has 1 aliphatic heterocycles. The van der Waals surface area contributed by atoms with Gasteiger partial charge in [0.05, 0.1) is 12.7 Å². The van der Waals surface area contributed by atoms with Crippen molar-refractivity contribution in [3.63, 3.8) is 0 Å². The van der Waals surface area contributed by atoms with Crippen molar-refractivity contribution in [1.29, 1.82) is 0 Å². The zero-order valence-electron chi connectivity index (χ0n) is 12.6. The number of ether oxygens (including phenoxy) is 1. The Morgan fingerprint density at radius 3 is 2.82 bits per heavy atom. The summed E-state index contributed by atoms with van der Waals surface area (Å²) in [6.07, 6.45) is 0.702. The van der Waals surface area contributed by atoms with Crippen molar-refractivity contribution in [3.05, 3.63) is 22.7 Å². The Hall–Kier alpha value is -1.77. The number of carbonyl (C=O) groups is 1. The van der Waals surface area contributed by atoms with Crippen LogP contribution in [0.5, 0.6) is 0 Å². The lowest BCUT2D eigenvalue weighted by Gasteiger charge is -2.21. The topological polar surface area (TPSA) is 114 Å². The molecule has 8 nitrogen and oxygen atoms in total. The Balaban J connectivity index is 2.29. The second-order valence-electron chi connectivity index (χ2n) is 5.37. The van der Waals surface area contributed by atoms with E-state index in [0.29, 0.717) is 6.42 Å². The van der Waals surface area contributed by atoms with Crippen molar-refractivity contribution in [2.45, 2.75) is 45.1 Å². The van der Waals surface area contributed by atoms with Crippen molar-refractivity contribution >= 4 is 11.7 Å². The minimum Gasteiger partial charge on any atom is -0.394 e. The van der Waals surface area contributed by atoms with Gasteiger partial charge in [-0.1, -0.05) is 13.3 Å². The molecule has 0 aliphatic carbocycles. The van der Waals surface area contributed by atoms with Gasteiger partial charge < -0.3 is 20.3 Å². The summed E-state index contributed by atoms with van der Waals surface area (Å²) in [5.41, 5.74) is -0.580. The molecule has 0 spiro atoms.